The number of aryl methyl sites for hydroxylation is 1. The van der Waals surface area contributed by atoms with Gasteiger partial charge in [0.1, 0.15) is 0 Å². The maximum atomic E-state index is 10.7. The second-order valence-corrected chi connectivity index (χ2v) is 3.96. The lowest BCUT2D eigenvalue weighted by Crippen LogP contribution is -2.03. The first-order valence-corrected chi connectivity index (χ1v) is 5.40. The molecule has 1 aromatic heterocycles. The quantitative estimate of drug-likeness (QED) is 0.877. The Bertz CT molecular complexity index is 535. The SMILES string of the molecule is Cc1cc(CC(=O)O)nc(-c2ccccc2)c1. The van der Waals surface area contributed by atoms with E-state index in [-0.39, 0.29) is 6.42 Å². The summed E-state index contributed by atoms with van der Waals surface area (Å²) in [5.74, 6) is -0.859. The van der Waals surface area contributed by atoms with E-state index in [0.717, 1.165) is 16.8 Å². The van der Waals surface area contributed by atoms with Crippen molar-refractivity contribution in [3.8, 4) is 11.3 Å². The van der Waals surface area contributed by atoms with E-state index in [2.05, 4.69) is 4.98 Å². The lowest BCUT2D eigenvalue weighted by Gasteiger charge is -2.05. The van der Waals surface area contributed by atoms with Crippen LogP contribution in [-0.4, -0.2) is 16.1 Å². The van der Waals surface area contributed by atoms with Gasteiger partial charge in [0.25, 0.3) is 0 Å². The molecule has 0 saturated carbocycles. The lowest BCUT2D eigenvalue weighted by molar-refractivity contribution is -0.136. The minimum absolute atomic E-state index is 0.0402. The van der Waals surface area contributed by atoms with E-state index in [1.807, 2.05) is 43.3 Å². The van der Waals surface area contributed by atoms with E-state index in [1.54, 1.807) is 6.07 Å². The molecule has 0 aliphatic heterocycles. The lowest BCUT2D eigenvalue weighted by atomic mass is 10.1. The van der Waals surface area contributed by atoms with Crippen LogP contribution >= 0.6 is 0 Å². The van der Waals surface area contributed by atoms with Crippen LogP contribution in [0.25, 0.3) is 11.3 Å². The summed E-state index contributed by atoms with van der Waals surface area (Å²) >= 11 is 0. The van der Waals surface area contributed by atoms with Crippen LogP contribution < -0.4 is 0 Å². The summed E-state index contributed by atoms with van der Waals surface area (Å²) in [6, 6.07) is 13.5. The number of hydrogen-bond acceptors (Lipinski definition) is 2. The molecule has 1 N–H and O–H groups in total. The maximum Gasteiger partial charge on any atom is 0.309 e. The standard InChI is InChI=1S/C14H13NO2/c1-10-7-12(9-14(16)17)15-13(8-10)11-5-3-2-4-6-11/h2-8H,9H2,1H3,(H,16,17). The molecule has 0 unspecified atom stereocenters. The van der Waals surface area contributed by atoms with Gasteiger partial charge >= 0.3 is 5.97 Å². The summed E-state index contributed by atoms with van der Waals surface area (Å²) in [6.45, 7) is 1.94. The maximum absolute atomic E-state index is 10.7. The van der Waals surface area contributed by atoms with Crippen LogP contribution in [0.2, 0.25) is 0 Å². The van der Waals surface area contributed by atoms with E-state index in [1.165, 1.54) is 0 Å². The van der Waals surface area contributed by atoms with Gasteiger partial charge in [-0.1, -0.05) is 30.3 Å². The molecule has 86 valence electrons. The third-order valence-electron chi connectivity index (χ3n) is 2.42. The first kappa shape index (κ1) is 11.3. The van der Waals surface area contributed by atoms with Gasteiger partial charge in [0, 0.05) is 5.56 Å². The normalized spacial score (nSPS) is 10.2. The molecule has 2 aromatic rings. The van der Waals surface area contributed by atoms with Crippen molar-refractivity contribution < 1.29 is 9.90 Å². The summed E-state index contributed by atoms with van der Waals surface area (Å²) in [7, 11) is 0. The predicted molar refractivity (Wildman–Crippen MR) is 65.7 cm³/mol. The molecule has 0 amide bonds. The predicted octanol–water partition coefficient (Wildman–Crippen LogP) is 2.68. The Morgan fingerprint density at radius 2 is 1.94 bits per heavy atom. The number of rotatable bonds is 3. The Morgan fingerprint density at radius 3 is 2.59 bits per heavy atom. The highest BCUT2D eigenvalue weighted by Crippen LogP contribution is 2.18. The van der Waals surface area contributed by atoms with Crippen molar-refractivity contribution in [1.82, 2.24) is 4.98 Å². The number of pyridine rings is 1. The number of benzene rings is 1. The van der Waals surface area contributed by atoms with Gasteiger partial charge in [-0.3, -0.25) is 9.78 Å². The molecular weight excluding hydrogens is 214 g/mol. The Balaban J connectivity index is 2.42. The largest absolute Gasteiger partial charge is 0.481 e. The van der Waals surface area contributed by atoms with Gasteiger partial charge < -0.3 is 5.11 Å². The molecule has 1 heterocycles. The fourth-order valence-corrected chi connectivity index (χ4v) is 1.74. The van der Waals surface area contributed by atoms with Gasteiger partial charge in [0.2, 0.25) is 0 Å². The third kappa shape index (κ3) is 2.91. The summed E-state index contributed by atoms with van der Waals surface area (Å²) in [6.07, 6.45) is -0.0402. The Hall–Kier alpha value is -2.16. The van der Waals surface area contributed by atoms with Crippen molar-refractivity contribution in [1.29, 1.82) is 0 Å². The molecule has 0 bridgehead atoms. The van der Waals surface area contributed by atoms with E-state index >= 15 is 0 Å². The number of hydrogen-bond donors (Lipinski definition) is 1. The molecule has 0 aliphatic carbocycles. The van der Waals surface area contributed by atoms with Crippen LogP contribution in [0.3, 0.4) is 0 Å². The summed E-state index contributed by atoms with van der Waals surface area (Å²) < 4.78 is 0. The average Bonchev–Trinajstić information content (AvgIpc) is 2.28. The smallest absolute Gasteiger partial charge is 0.309 e. The van der Waals surface area contributed by atoms with Crippen LogP contribution in [0.4, 0.5) is 0 Å². The number of carboxylic acids is 1. The van der Waals surface area contributed by atoms with E-state index < -0.39 is 5.97 Å². The zero-order valence-corrected chi connectivity index (χ0v) is 9.55. The molecule has 1 aromatic carbocycles. The van der Waals surface area contributed by atoms with Crippen molar-refractivity contribution >= 4 is 5.97 Å². The number of aliphatic carboxylic acids is 1. The third-order valence-corrected chi connectivity index (χ3v) is 2.42. The van der Waals surface area contributed by atoms with Gasteiger partial charge in [0.15, 0.2) is 0 Å². The van der Waals surface area contributed by atoms with E-state index in [0.29, 0.717) is 5.69 Å². The Labute approximate surface area is 99.8 Å². The van der Waals surface area contributed by atoms with Crippen molar-refractivity contribution in [2.75, 3.05) is 0 Å². The number of aromatic nitrogens is 1. The molecule has 0 spiro atoms. The average molecular weight is 227 g/mol. The molecule has 2 rings (SSSR count). The molecule has 0 atom stereocenters. The first-order chi connectivity index (χ1) is 8.15. The fraction of sp³-hybridized carbons (Fsp3) is 0.143. The number of nitrogens with zero attached hydrogens (tertiary/aromatic N) is 1. The minimum atomic E-state index is -0.859. The zero-order chi connectivity index (χ0) is 12.3. The Morgan fingerprint density at radius 1 is 1.24 bits per heavy atom. The molecule has 17 heavy (non-hydrogen) atoms. The van der Waals surface area contributed by atoms with Gasteiger partial charge in [-0.15, -0.1) is 0 Å². The molecule has 0 saturated heterocycles. The zero-order valence-electron chi connectivity index (χ0n) is 9.55. The van der Waals surface area contributed by atoms with Crippen LogP contribution in [0.15, 0.2) is 42.5 Å². The summed E-state index contributed by atoms with van der Waals surface area (Å²) in [4.78, 5) is 15.1. The molecule has 0 radical (unpaired) electrons. The second kappa shape index (κ2) is 4.78. The van der Waals surface area contributed by atoms with Gasteiger partial charge in [0.05, 0.1) is 17.8 Å². The van der Waals surface area contributed by atoms with Gasteiger partial charge in [-0.05, 0) is 24.6 Å². The molecule has 0 fully saturated rings. The number of carboxylic acid groups (broad SMARTS) is 1. The highest BCUT2D eigenvalue weighted by molar-refractivity contribution is 5.70. The van der Waals surface area contributed by atoms with Crippen LogP contribution in [0.1, 0.15) is 11.3 Å². The first-order valence-electron chi connectivity index (χ1n) is 5.40. The fourth-order valence-electron chi connectivity index (χ4n) is 1.74. The summed E-state index contributed by atoms with van der Waals surface area (Å²) in [5, 5.41) is 8.78. The van der Waals surface area contributed by atoms with Crippen molar-refractivity contribution in [2.24, 2.45) is 0 Å². The summed E-state index contributed by atoms with van der Waals surface area (Å²) in [5.41, 5.74) is 3.44. The van der Waals surface area contributed by atoms with Crippen LogP contribution in [0, 0.1) is 6.92 Å². The molecule has 0 aliphatic rings. The van der Waals surface area contributed by atoms with Gasteiger partial charge in [-0.25, -0.2) is 0 Å². The van der Waals surface area contributed by atoms with Crippen molar-refractivity contribution in [3.05, 3.63) is 53.7 Å². The second-order valence-electron chi connectivity index (χ2n) is 3.96. The molecule has 3 nitrogen and oxygen atoms in total. The molecule has 3 heteroatoms. The van der Waals surface area contributed by atoms with Gasteiger partial charge in [-0.2, -0.15) is 0 Å². The van der Waals surface area contributed by atoms with Crippen LogP contribution in [0.5, 0.6) is 0 Å². The van der Waals surface area contributed by atoms with Crippen molar-refractivity contribution in [2.45, 2.75) is 13.3 Å². The molecular formula is C14H13NO2. The Kier molecular flexibility index (Phi) is 3.19. The topological polar surface area (TPSA) is 50.2 Å². The van der Waals surface area contributed by atoms with E-state index in [4.69, 9.17) is 5.11 Å². The van der Waals surface area contributed by atoms with E-state index in [9.17, 15) is 4.79 Å². The highest BCUT2D eigenvalue weighted by Gasteiger charge is 2.06. The van der Waals surface area contributed by atoms with Crippen molar-refractivity contribution in [3.63, 3.8) is 0 Å². The minimum Gasteiger partial charge on any atom is -0.481 e. The monoisotopic (exact) mass is 227 g/mol. The van der Waals surface area contributed by atoms with Crippen LogP contribution in [-0.2, 0) is 11.2 Å². The number of carbonyl (C=O) groups is 1. The highest BCUT2D eigenvalue weighted by atomic mass is 16.4.